The van der Waals surface area contributed by atoms with Gasteiger partial charge in [-0.3, -0.25) is 4.79 Å². The van der Waals surface area contributed by atoms with Crippen LogP contribution in [0.1, 0.15) is 23.0 Å². The number of carbonyl (C=O) groups excluding carboxylic acids is 1. The fraction of sp³-hybridized carbons (Fsp3) is 0.143. The van der Waals surface area contributed by atoms with Crippen molar-refractivity contribution in [3.05, 3.63) is 57.6 Å². The highest BCUT2D eigenvalue weighted by atomic mass is 35.5. The van der Waals surface area contributed by atoms with E-state index in [0.29, 0.717) is 23.4 Å². The molecule has 2 aromatic rings. The van der Waals surface area contributed by atoms with Gasteiger partial charge in [0.05, 0.1) is 5.02 Å². The normalized spacial score (nSPS) is 10.4. The van der Waals surface area contributed by atoms with Crippen LogP contribution in [-0.4, -0.2) is 10.9 Å². The average Bonchev–Trinajstić information content (AvgIpc) is 2.42. The minimum absolute atomic E-state index is 0.00298. The zero-order chi connectivity index (χ0) is 14.7. The van der Waals surface area contributed by atoms with Gasteiger partial charge in [0.2, 0.25) is 0 Å². The van der Waals surface area contributed by atoms with Crippen molar-refractivity contribution in [2.45, 2.75) is 13.3 Å². The summed E-state index contributed by atoms with van der Waals surface area (Å²) in [6.07, 6.45) is 0.663. The van der Waals surface area contributed by atoms with E-state index in [1.165, 1.54) is 18.2 Å². The number of hydrogen-bond donors (Lipinski definition) is 1. The monoisotopic (exact) mass is 312 g/mol. The van der Waals surface area contributed by atoms with Gasteiger partial charge >= 0.3 is 0 Å². The van der Waals surface area contributed by atoms with Gasteiger partial charge in [-0.25, -0.2) is 9.37 Å². The van der Waals surface area contributed by atoms with Crippen LogP contribution in [0.4, 0.5) is 10.1 Å². The van der Waals surface area contributed by atoms with Crippen LogP contribution in [0.25, 0.3) is 0 Å². The highest BCUT2D eigenvalue weighted by Crippen LogP contribution is 2.20. The SMILES string of the molecule is CCc1cc(C(=O)Nc2ccc(Cl)c(F)c2)cc(Cl)n1. The summed E-state index contributed by atoms with van der Waals surface area (Å²) in [6.45, 7) is 1.91. The van der Waals surface area contributed by atoms with E-state index in [2.05, 4.69) is 10.3 Å². The molecule has 1 aromatic heterocycles. The first-order chi connectivity index (χ1) is 9.49. The van der Waals surface area contributed by atoms with E-state index < -0.39 is 5.82 Å². The zero-order valence-corrected chi connectivity index (χ0v) is 12.1. The molecule has 0 radical (unpaired) electrons. The Kier molecular flexibility index (Phi) is 4.57. The fourth-order valence-corrected chi connectivity index (χ4v) is 1.98. The third-order valence-corrected chi connectivity index (χ3v) is 3.15. The predicted octanol–water partition coefficient (Wildman–Crippen LogP) is 4.34. The number of carbonyl (C=O) groups is 1. The third-order valence-electron chi connectivity index (χ3n) is 2.65. The van der Waals surface area contributed by atoms with Gasteiger partial charge in [0.15, 0.2) is 0 Å². The molecule has 2 rings (SSSR count). The maximum atomic E-state index is 13.3. The first kappa shape index (κ1) is 14.8. The Bertz CT molecular complexity index is 662. The van der Waals surface area contributed by atoms with E-state index in [1.54, 1.807) is 6.07 Å². The molecule has 0 aliphatic rings. The molecule has 0 atom stereocenters. The number of halogens is 3. The number of benzene rings is 1. The quantitative estimate of drug-likeness (QED) is 0.856. The van der Waals surface area contributed by atoms with Crippen molar-refractivity contribution in [2.24, 2.45) is 0 Å². The van der Waals surface area contributed by atoms with E-state index in [4.69, 9.17) is 23.2 Å². The molecule has 1 N–H and O–H groups in total. The van der Waals surface area contributed by atoms with Gasteiger partial charge in [0, 0.05) is 16.9 Å². The molecule has 0 aliphatic heterocycles. The van der Waals surface area contributed by atoms with Crippen molar-refractivity contribution in [3.8, 4) is 0 Å². The minimum Gasteiger partial charge on any atom is -0.322 e. The van der Waals surface area contributed by atoms with Crippen LogP contribution in [0.3, 0.4) is 0 Å². The summed E-state index contributed by atoms with van der Waals surface area (Å²) < 4.78 is 13.3. The number of nitrogens with one attached hydrogen (secondary N) is 1. The van der Waals surface area contributed by atoms with Crippen LogP contribution in [0, 0.1) is 5.82 Å². The second-order valence-corrected chi connectivity index (χ2v) is 4.90. The van der Waals surface area contributed by atoms with Gasteiger partial charge in [-0.1, -0.05) is 30.1 Å². The molecule has 1 amide bonds. The first-order valence-electron chi connectivity index (χ1n) is 5.92. The molecule has 0 unspecified atom stereocenters. The Balaban J connectivity index is 2.23. The van der Waals surface area contributed by atoms with Crippen LogP contribution in [-0.2, 0) is 6.42 Å². The first-order valence-corrected chi connectivity index (χ1v) is 6.68. The Morgan fingerprint density at radius 1 is 1.30 bits per heavy atom. The number of nitrogens with zero attached hydrogens (tertiary/aromatic N) is 1. The van der Waals surface area contributed by atoms with E-state index in [-0.39, 0.29) is 16.1 Å². The molecule has 0 aliphatic carbocycles. The van der Waals surface area contributed by atoms with E-state index >= 15 is 0 Å². The van der Waals surface area contributed by atoms with Gasteiger partial charge in [-0.05, 0) is 36.8 Å². The number of aromatic nitrogens is 1. The fourth-order valence-electron chi connectivity index (χ4n) is 1.64. The molecule has 1 aromatic carbocycles. The molecule has 0 bridgehead atoms. The summed E-state index contributed by atoms with van der Waals surface area (Å²) in [5.74, 6) is -0.975. The van der Waals surface area contributed by atoms with E-state index in [0.717, 1.165) is 6.07 Å². The summed E-state index contributed by atoms with van der Waals surface area (Å²) in [4.78, 5) is 16.2. The molecular formula is C14H11Cl2FN2O. The molecular weight excluding hydrogens is 302 g/mol. The summed E-state index contributed by atoms with van der Waals surface area (Å²) in [5.41, 5.74) is 1.41. The number of anilines is 1. The van der Waals surface area contributed by atoms with Gasteiger partial charge < -0.3 is 5.32 Å². The summed E-state index contributed by atoms with van der Waals surface area (Å²) >= 11 is 11.4. The van der Waals surface area contributed by atoms with Crippen molar-refractivity contribution in [3.63, 3.8) is 0 Å². The van der Waals surface area contributed by atoms with Gasteiger partial charge in [0.1, 0.15) is 11.0 Å². The molecule has 0 saturated carbocycles. The zero-order valence-electron chi connectivity index (χ0n) is 10.6. The van der Waals surface area contributed by atoms with Crippen molar-refractivity contribution in [2.75, 3.05) is 5.32 Å². The molecule has 1 heterocycles. The smallest absolute Gasteiger partial charge is 0.255 e. The molecule has 0 saturated heterocycles. The highest BCUT2D eigenvalue weighted by molar-refractivity contribution is 6.31. The number of rotatable bonds is 3. The van der Waals surface area contributed by atoms with Crippen LogP contribution < -0.4 is 5.32 Å². The molecule has 104 valence electrons. The largest absolute Gasteiger partial charge is 0.322 e. The van der Waals surface area contributed by atoms with Crippen LogP contribution in [0.5, 0.6) is 0 Å². The Hall–Kier alpha value is -1.65. The second-order valence-electron chi connectivity index (χ2n) is 4.11. The van der Waals surface area contributed by atoms with Gasteiger partial charge in [-0.15, -0.1) is 0 Å². The summed E-state index contributed by atoms with van der Waals surface area (Å²) in [6, 6.07) is 7.16. The maximum absolute atomic E-state index is 13.3. The van der Waals surface area contributed by atoms with Crippen LogP contribution >= 0.6 is 23.2 Å². The maximum Gasteiger partial charge on any atom is 0.255 e. The van der Waals surface area contributed by atoms with Crippen LogP contribution in [0.2, 0.25) is 10.2 Å². The lowest BCUT2D eigenvalue weighted by molar-refractivity contribution is 0.102. The minimum atomic E-state index is -0.591. The second kappa shape index (κ2) is 6.20. The van der Waals surface area contributed by atoms with Gasteiger partial charge in [0.25, 0.3) is 5.91 Å². The van der Waals surface area contributed by atoms with Gasteiger partial charge in [-0.2, -0.15) is 0 Å². The predicted molar refractivity (Wildman–Crippen MR) is 78.0 cm³/mol. The Labute approximate surface area is 125 Å². The van der Waals surface area contributed by atoms with E-state index in [1.807, 2.05) is 6.92 Å². The van der Waals surface area contributed by atoms with Crippen molar-refractivity contribution in [1.29, 1.82) is 0 Å². The molecule has 0 fully saturated rings. The van der Waals surface area contributed by atoms with Crippen molar-refractivity contribution in [1.82, 2.24) is 4.98 Å². The third kappa shape index (κ3) is 3.46. The molecule has 6 heteroatoms. The Morgan fingerprint density at radius 3 is 2.70 bits per heavy atom. The number of amides is 1. The lowest BCUT2D eigenvalue weighted by Crippen LogP contribution is -2.13. The Morgan fingerprint density at radius 2 is 2.05 bits per heavy atom. The lowest BCUT2D eigenvalue weighted by Gasteiger charge is -2.07. The van der Waals surface area contributed by atoms with E-state index in [9.17, 15) is 9.18 Å². The number of aryl methyl sites for hydroxylation is 1. The topological polar surface area (TPSA) is 42.0 Å². The lowest BCUT2D eigenvalue weighted by atomic mass is 10.2. The molecule has 20 heavy (non-hydrogen) atoms. The standard InChI is InChI=1S/C14H11Cl2FN2O/c1-2-9-5-8(6-13(16)18-9)14(20)19-10-3-4-11(15)12(17)7-10/h3-7H,2H2,1H3,(H,19,20). The number of pyridine rings is 1. The van der Waals surface area contributed by atoms with Crippen molar-refractivity contribution >= 4 is 34.8 Å². The molecule has 0 spiro atoms. The van der Waals surface area contributed by atoms with Crippen molar-refractivity contribution < 1.29 is 9.18 Å². The molecule has 3 nitrogen and oxygen atoms in total. The summed E-state index contributed by atoms with van der Waals surface area (Å²) in [7, 11) is 0. The number of hydrogen-bond acceptors (Lipinski definition) is 2. The average molecular weight is 313 g/mol. The highest BCUT2D eigenvalue weighted by Gasteiger charge is 2.10. The van der Waals surface area contributed by atoms with Crippen LogP contribution in [0.15, 0.2) is 30.3 Å². The summed E-state index contributed by atoms with van der Waals surface area (Å²) in [5, 5.41) is 2.83.